The zero-order valence-corrected chi connectivity index (χ0v) is 15.3. The Morgan fingerprint density at radius 1 is 1.41 bits per heavy atom. The summed E-state index contributed by atoms with van der Waals surface area (Å²) >= 11 is 14.0. The van der Waals surface area contributed by atoms with Crippen molar-refractivity contribution >= 4 is 89.4 Å². The van der Waals surface area contributed by atoms with Gasteiger partial charge in [-0.1, -0.05) is 0 Å². The molecular formula is C9H6Br2INO2S2. The third-order valence-corrected chi connectivity index (χ3v) is 8.54. The largest absolute Gasteiger partial charge is 0.338 e. The van der Waals surface area contributed by atoms with Crippen LogP contribution in [0.1, 0.15) is 22.5 Å². The van der Waals surface area contributed by atoms with Gasteiger partial charge in [0, 0.05) is 0 Å². The van der Waals surface area contributed by atoms with Crippen LogP contribution in [0.3, 0.4) is 0 Å². The van der Waals surface area contributed by atoms with E-state index < -0.39 is 5.54 Å². The maximum absolute atomic E-state index is 12.1. The summed E-state index contributed by atoms with van der Waals surface area (Å²) in [7, 11) is 0. The summed E-state index contributed by atoms with van der Waals surface area (Å²) in [4.78, 5) is 23.9. The summed E-state index contributed by atoms with van der Waals surface area (Å²) in [5, 5.41) is 2.50. The first-order valence-corrected chi connectivity index (χ1v) is 8.49. The van der Waals surface area contributed by atoms with Crippen molar-refractivity contribution in [2.24, 2.45) is 0 Å². The van der Waals surface area contributed by atoms with Crippen LogP contribution in [-0.4, -0.2) is 16.6 Å². The topological polar surface area (TPSA) is 46.2 Å². The van der Waals surface area contributed by atoms with Gasteiger partial charge in [-0.25, -0.2) is 0 Å². The fourth-order valence-electron chi connectivity index (χ4n) is 1.30. The van der Waals surface area contributed by atoms with Gasteiger partial charge in [0.1, 0.15) is 10.4 Å². The average molecular weight is 511 g/mol. The summed E-state index contributed by atoms with van der Waals surface area (Å²) in [5.74, 6) is -0.217. The number of carbonyl (C=O) groups is 2. The van der Waals surface area contributed by atoms with Crippen LogP contribution in [0.5, 0.6) is 0 Å². The number of thiol groups is 1. The number of rotatable bonds is 3. The second-order valence-electron chi connectivity index (χ2n) is 3.67. The molecule has 17 heavy (non-hydrogen) atoms. The summed E-state index contributed by atoms with van der Waals surface area (Å²) < 4.78 is 2.59. The van der Waals surface area contributed by atoms with Gasteiger partial charge in [0.05, 0.1) is 11.8 Å². The molecule has 1 heterocycles. The van der Waals surface area contributed by atoms with E-state index in [9.17, 15) is 9.59 Å². The highest BCUT2D eigenvalue weighted by molar-refractivity contribution is 14.1. The van der Waals surface area contributed by atoms with Crippen molar-refractivity contribution in [2.75, 3.05) is 0 Å². The summed E-state index contributed by atoms with van der Waals surface area (Å²) in [6, 6.07) is 0. The first kappa shape index (κ1) is 14.3. The molecule has 3 nitrogen and oxygen atoms in total. The molecule has 0 atom stereocenters. The molecule has 8 heteroatoms. The molecule has 0 radical (unpaired) electrons. The highest BCUT2D eigenvalue weighted by Crippen LogP contribution is 2.41. The van der Waals surface area contributed by atoms with Gasteiger partial charge in [0.2, 0.25) is 5.12 Å². The Balaban J connectivity index is 2.21. The molecule has 1 aromatic rings. The van der Waals surface area contributed by atoms with E-state index in [0.717, 1.165) is 11.8 Å². The molecule has 1 aromatic heterocycles. The highest BCUT2D eigenvalue weighted by Gasteiger charge is 2.49. The zero-order valence-electron chi connectivity index (χ0n) is 8.22. The molecule has 1 aliphatic rings. The van der Waals surface area contributed by atoms with E-state index >= 15 is 0 Å². The maximum Gasteiger partial charge on any atom is 0.263 e. The summed E-state index contributed by atoms with van der Waals surface area (Å²) in [6.07, 6.45) is 1.34. The number of hydrogen-bond acceptors (Lipinski definition) is 3. The Hall–Kier alpha value is 0.880. The molecule has 0 aliphatic heterocycles. The number of hydrogen-bond donors (Lipinski definition) is 2. The van der Waals surface area contributed by atoms with Gasteiger partial charge in [-0.3, -0.25) is 9.59 Å². The van der Waals surface area contributed by atoms with Gasteiger partial charge in [0.15, 0.2) is 0 Å². The van der Waals surface area contributed by atoms with Gasteiger partial charge < -0.3 is 5.32 Å². The van der Waals surface area contributed by atoms with Crippen LogP contribution in [0.4, 0.5) is 0 Å². The SMILES string of the molecule is O=C(NC1(C(=O)S)CC1)c1sc(Br)c(Br)c1I. The lowest BCUT2D eigenvalue weighted by molar-refractivity contribution is -0.113. The number of amides is 1. The van der Waals surface area contributed by atoms with Gasteiger partial charge >= 0.3 is 0 Å². The Morgan fingerprint density at radius 3 is 2.35 bits per heavy atom. The van der Waals surface area contributed by atoms with Gasteiger partial charge in [0.25, 0.3) is 5.91 Å². The molecule has 1 aliphatic carbocycles. The van der Waals surface area contributed by atoms with E-state index in [1.165, 1.54) is 11.3 Å². The number of carbonyl (C=O) groups excluding carboxylic acids is 2. The molecular weight excluding hydrogens is 505 g/mol. The van der Waals surface area contributed by atoms with Gasteiger partial charge in [-0.2, -0.15) is 0 Å². The molecule has 0 saturated heterocycles. The molecule has 0 unspecified atom stereocenters. The zero-order chi connectivity index (χ0) is 12.8. The lowest BCUT2D eigenvalue weighted by Crippen LogP contribution is -2.41. The molecule has 1 fully saturated rings. The van der Waals surface area contributed by atoms with Crippen LogP contribution in [0.2, 0.25) is 0 Å². The third-order valence-electron chi connectivity index (χ3n) is 2.47. The van der Waals surface area contributed by atoms with Crippen molar-refractivity contribution in [3.8, 4) is 0 Å². The highest BCUT2D eigenvalue weighted by atomic mass is 127. The van der Waals surface area contributed by atoms with Crippen LogP contribution >= 0.6 is 78.4 Å². The van der Waals surface area contributed by atoms with E-state index in [2.05, 4.69) is 72.4 Å². The predicted molar refractivity (Wildman–Crippen MR) is 85.9 cm³/mol. The number of nitrogens with one attached hydrogen (secondary N) is 1. The van der Waals surface area contributed by atoms with Gasteiger partial charge in [-0.15, -0.1) is 24.0 Å². The van der Waals surface area contributed by atoms with Crippen LogP contribution in [0.25, 0.3) is 0 Å². The van der Waals surface area contributed by atoms with Crippen molar-refractivity contribution in [1.29, 1.82) is 0 Å². The minimum absolute atomic E-state index is 0.217. The molecule has 1 amide bonds. The molecule has 0 aromatic carbocycles. The fourth-order valence-corrected chi connectivity index (χ4v) is 4.94. The average Bonchev–Trinajstić information content (AvgIpc) is 2.99. The van der Waals surface area contributed by atoms with Crippen LogP contribution in [-0.2, 0) is 4.79 Å². The van der Waals surface area contributed by atoms with Crippen LogP contribution in [0, 0.1) is 3.57 Å². The monoisotopic (exact) mass is 509 g/mol. The van der Waals surface area contributed by atoms with Crippen molar-refractivity contribution in [3.63, 3.8) is 0 Å². The number of thiophene rings is 1. The van der Waals surface area contributed by atoms with Crippen LogP contribution < -0.4 is 5.32 Å². The Labute approximate surface area is 138 Å². The minimum atomic E-state index is -0.730. The van der Waals surface area contributed by atoms with Crippen molar-refractivity contribution in [2.45, 2.75) is 18.4 Å². The quantitative estimate of drug-likeness (QED) is 0.482. The Kier molecular flexibility index (Phi) is 4.29. The van der Waals surface area contributed by atoms with E-state index in [1.807, 2.05) is 0 Å². The van der Waals surface area contributed by atoms with Gasteiger partial charge in [-0.05, 0) is 67.3 Å². The molecule has 0 bridgehead atoms. The van der Waals surface area contributed by atoms with E-state index in [4.69, 9.17) is 0 Å². The molecule has 2 rings (SSSR count). The van der Waals surface area contributed by atoms with Crippen molar-refractivity contribution in [1.82, 2.24) is 5.32 Å². The third kappa shape index (κ3) is 2.75. The number of halogens is 3. The normalized spacial score (nSPS) is 16.7. The predicted octanol–water partition coefficient (Wildman–Crippen LogP) is 3.60. The minimum Gasteiger partial charge on any atom is -0.338 e. The standard InChI is InChI=1S/C9H6Br2INO2S2/c10-3-4(12)5(17-6(3)11)7(14)13-9(1-2-9)8(15)16/h1-2H2,(H,13,14)(H,15,16). The second-order valence-corrected chi connectivity index (χ2v) is 8.29. The lowest BCUT2D eigenvalue weighted by atomic mass is 10.3. The molecule has 1 N–H and O–H groups in total. The molecule has 1 saturated carbocycles. The molecule has 92 valence electrons. The van der Waals surface area contributed by atoms with Crippen molar-refractivity contribution in [3.05, 3.63) is 16.7 Å². The second kappa shape index (κ2) is 5.10. The van der Waals surface area contributed by atoms with E-state index in [-0.39, 0.29) is 11.0 Å². The van der Waals surface area contributed by atoms with E-state index in [1.54, 1.807) is 0 Å². The first-order valence-electron chi connectivity index (χ1n) is 4.56. The summed E-state index contributed by atoms with van der Waals surface area (Å²) in [6.45, 7) is 0. The first-order chi connectivity index (χ1) is 7.87. The smallest absolute Gasteiger partial charge is 0.263 e. The maximum atomic E-state index is 12.1. The van der Waals surface area contributed by atoms with Crippen LogP contribution in [0.15, 0.2) is 8.26 Å². The Morgan fingerprint density at radius 2 is 2.00 bits per heavy atom. The summed E-state index contributed by atoms with van der Waals surface area (Å²) in [5.41, 5.74) is -0.730. The molecule has 0 spiro atoms. The van der Waals surface area contributed by atoms with E-state index in [0.29, 0.717) is 17.7 Å². The lowest BCUT2D eigenvalue weighted by Gasteiger charge is -2.12. The fraction of sp³-hybridized carbons (Fsp3) is 0.333. The Bertz CT molecular complexity index is 513. The van der Waals surface area contributed by atoms with Crippen molar-refractivity contribution < 1.29 is 9.59 Å².